The third-order valence-electron chi connectivity index (χ3n) is 1.53. The number of anilines is 1. The molecule has 84 valence electrons. The maximum Gasteiger partial charge on any atom is 0.405 e. The lowest BCUT2D eigenvalue weighted by molar-refractivity contribution is -0.119. The molecular formula is C7H6Cl2F3N3. The molecule has 1 rings (SSSR count). The average molecular weight is 260 g/mol. The number of alkyl halides is 3. The Morgan fingerprint density at radius 3 is 2.47 bits per heavy atom. The van der Waals surface area contributed by atoms with Crippen molar-refractivity contribution >= 4 is 28.9 Å². The molecule has 8 heteroatoms. The zero-order valence-corrected chi connectivity index (χ0v) is 9.03. The molecule has 0 fully saturated rings. The summed E-state index contributed by atoms with van der Waals surface area (Å²) >= 11 is 11.1. The fourth-order valence-electron chi connectivity index (χ4n) is 0.966. The Labute approximate surface area is 93.8 Å². The minimum absolute atomic E-state index is 0.0107. The van der Waals surface area contributed by atoms with Gasteiger partial charge in [-0.3, -0.25) is 0 Å². The standard InChI is InChI=1S/C7H6Cl2F3N3/c1-15(3-7(10,11)12)4-2-5(8)13-14-6(4)9/h2H,3H2,1H3. The van der Waals surface area contributed by atoms with Crippen molar-refractivity contribution in [3.63, 3.8) is 0 Å². The summed E-state index contributed by atoms with van der Waals surface area (Å²) in [5, 5.41) is 6.67. The van der Waals surface area contributed by atoms with Crippen LogP contribution in [0.2, 0.25) is 10.3 Å². The lowest BCUT2D eigenvalue weighted by Crippen LogP contribution is -2.31. The number of hydrogen-bond acceptors (Lipinski definition) is 3. The molecule has 1 heterocycles. The molecule has 0 amide bonds. The minimum Gasteiger partial charge on any atom is -0.363 e. The zero-order chi connectivity index (χ0) is 11.6. The fourth-order valence-corrected chi connectivity index (χ4v) is 1.34. The Hall–Kier alpha value is -0.750. The van der Waals surface area contributed by atoms with E-state index in [1.54, 1.807) is 0 Å². The summed E-state index contributed by atoms with van der Waals surface area (Å²) < 4.78 is 36.2. The van der Waals surface area contributed by atoms with E-state index in [4.69, 9.17) is 23.2 Å². The highest BCUT2D eigenvalue weighted by Gasteiger charge is 2.30. The predicted octanol–water partition coefficient (Wildman–Crippen LogP) is 2.78. The number of nitrogens with zero attached hydrogens (tertiary/aromatic N) is 3. The van der Waals surface area contributed by atoms with Gasteiger partial charge in [0.1, 0.15) is 6.54 Å². The van der Waals surface area contributed by atoms with Crippen molar-refractivity contribution < 1.29 is 13.2 Å². The molecule has 0 aliphatic heterocycles. The monoisotopic (exact) mass is 259 g/mol. The summed E-state index contributed by atoms with van der Waals surface area (Å²) in [5.74, 6) is 0. The first-order chi connectivity index (χ1) is 6.79. The smallest absolute Gasteiger partial charge is 0.363 e. The van der Waals surface area contributed by atoms with Crippen molar-refractivity contribution in [1.29, 1.82) is 0 Å². The van der Waals surface area contributed by atoms with E-state index >= 15 is 0 Å². The minimum atomic E-state index is -4.31. The Balaban J connectivity index is 2.90. The summed E-state index contributed by atoms with van der Waals surface area (Å²) in [5.41, 5.74) is 0.0917. The van der Waals surface area contributed by atoms with E-state index < -0.39 is 12.7 Å². The van der Waals surface area contributed by atoms with E-state index in [1.165, 1.54) is 13.1 Å². The molecule has 0 atom stereocenters. The van der Waals surface area contributed by atoms with Crippen molar-refractivity contribution in [3.05, 3.63) is 16.4 Å². The van der Waals surface area contributed by atoms with Crippen LogP contribution in [0.25, 0.3) is 0 Å². The van der Waals surface area contributed by atoms with E-state index in [0.717, 1.165) is 4.90 Å². The van der Waals surface area contributed by atoms with Crippen molar-refractivity contribution in [2.45, 2.75) is 6.18 Å². The normalized spacial score (nSPS) is 11.6. The van der Waals surface area contributed by atoms with Crippen LogP contribution in [0.5, 0.6) is 0 Å². The largest absolute Gasteiger partial charge is 0.405 e. The van der Waals surface area contributed by atoms with Crippen LogP contribution in [0.4, 0.5) is 18.9 Å². The van der Waals surface area contributed by atoms with Crippen LogP contribution in [0.1, 0.15) is 0 Å². The van der Waals surface area contributed by atoms with Gasteiger partial charge in [0.15, 0.2) is 10.3 Å². The van der Waals surface area contributed by atoms with Gasteiger partial charge in [-0.05, 0) is 0 Å². The highest BCUT2D eigenvalue weighted by molar-refractivity contribution is 6.33. The zero-order valence-electron chi connectivity index (χ0n) is 7.52. The Morgan fingerprint density at radius 2 is 1.93 bits per heavy atom. The van der Waals surface area contributed by atoms with Crippen LogP contribution >= 0.6 is 23.2 Å². The van der Waals surface area contributed by atoms with Crippen molar-refractivity contribution in [3.8, 4) is 0 Å². The third-order valence-corrected chi connectivity index (χ3v) is 1.98. The van der Waals surface area contributed by atoms with Gasteiger partial charge in [-0.25, -0.2) is 0 Å². The van der Waals surface area contributed by atoms with Gasteiger partial charge in [-0.15, -0.1) is 10.2 Å². The Morgan fingerprint density at radius 1 is 1.33 bits per heavy atom. The van der Waals surface area contributed by atoms with Gasteiger partial charge in [0.25, 0.3) is 0 Å². The predicted molar refractivity (Wildman–Crippen MR) is 51.4 cm³/mol. The molecule has 0 aliphatic carbocycles. The lowest BCUT2D eigenvalue weighted by atomic mass is 10.4. The van der Waals surface area contributed by atoms with Gasteiger partial charge >= 0.3 is 6.18 Å². The molecule has 0 saturated heterocycles. The van der Waals surface area contributed by atoms with Crippen LogP contribution in [-0.2, 0) is 0 Å². The van der Waals surface area contributed by atoms with Gasteiger partial charge in [0.2, 0.25) is 0 Å². The Bertz CT molecular complexity index is 356. The molecule has 15 heavy (non-hydrogen) atoms. The second-order valence-corrected chi connectivity index (χ2v) is 3.56. The van der Waals surface area contributed by atoms with Gasteiger partial charge < -0.3 is 4.90 Å². The quantitative estimate of drug-likeness (QED) is 0.818. The molecule has 0 N–H and O–H groups in total. The SMILES string of the molecule is CN(CC(F)(F)F)c1cc(Cl)nnc1Cl. The maximum absolute atomic E-state index is 12.1. The second-order valence-electron chi connectivity index (χ2n) is 2.81. The van der Waals surface area contributed by atoms with Crippen LogP contribution < -0.4 is 4.90 Å². The summed E-state index contributed by atoms with van der Waals surface area (Å²) in [4.78, 5) is 0.906. The van der Waals surface area contributed by atoms with E-state index in [9.17, 15) is 13.2 Å². The van der Waals surface area contributed by atoms with Gasteiger partial charge in [0.05, 0.1) is 5.69 Å². The van der Waals surface area contributed by atoms with Crippen LogP contribution in [0.15, 0.2) is 6.07 Å². The summed E-state index contributed by atoms with van der Waals surface area (Å²) in [7, 11) is 1.24. The molecule has 0 bridgehead atoms. The van der Waals surface area contributed by atoms with Gasteiger partial charge in [-0.1, -0.05) is 23.2 Å². The van der Waals surface area contributed by atoms with E-state index in [2.05, 4.69) is 10.2 Å². The second kappa shape index (κ2) is 4.40. The first-order valence-electron chi connectivity index (χ1n) is 3.76. The summed E-state index contributed by atoms with van der Waals surface area (Å²) in [6, 6.07) is 1.22. The molecule has 1 aromatic heterocycles. The van der Waals surface area contributed by atoms with Crippen molar-refractivity contribution in [2.24, 2.45) is 0 Å². The first kappa shape index (κ1) is 12.3. The molecule has 0 unspecified atom stereocenters. The Kier molecular flexibility index (Phi) is 3.62. The lowest BCUT2D eigenvalue weighted by Gasteiger charge is -2.21. The molecule has 0 spiro atoms. The molecule has 1 aromatic rings. The summed E-state index contributed by atoms with van der Waals surface area (Å²) in [6.07, 6.45) is -4.31. The van der Waals surface area contributed by atoms with Crippen LogP contribution in [0, 0.1) is 0 Å². The summed E-state index contributed by atoms with van der Waals surface area (Å²) in [6.45, 7) is -1.13. The molecule has 0 saturated carbocycles. The molecule has 0 aromatic carbocycles. The highest BCUT2D eigenvalue weighted by atomic mass is 35.5. The molecule has 0 radical (unpaired) electrons. The maximum atomic E-state index is 12.1. The van der Waals surface area contributed by atoms with E-state index in [-0.39, 0.29) is 16.0 Å². The highest BCUT2D eigenvalue weighted by Crippen LogP contribution is 2.27. The van der Waals surface area contributed by atoms with Crippen molar-refractivity contribution in [2.75, 3.05) is 18.5 Å². The average Bonchev–Trinajstić information content (AvgIpc) is 2.06. The molecule has 0 aliphatic rings. The fraction of sp³-hybridized carbons (Fsp3) is 0.429. The molecule has 3 nitrogen and oxygen atoms in total. The van der Waals surface area contributed by atoms with Crippen molar-refractivity contribution in [1.82, 2.24) is 10.2 Å². The number of rotatable bonds is 2. The number of aromatic nitrogens is 2. The molecular weight excluding hydrogens is 254 g/mol. The van der Waals surface area contributed by atoms with Gasteiger partial charge in [0, 0.05) is 13.1 Å². The van der Waals surface area contributed by atoms with E-state index in [0.29, 0.717) is 0 Å². The third kappa shape index (κ3) is 3.71. The van der Waals surface area contributed by atoms with Gasteiger partial charge in [-0.2, -0.15) is 13.2 Å². The van der Waals surface area contributed by atoms with E-state index in [1.807, 2.05) is 0 Å². The topological polar surface area (TPSA) is 29.0 Å². The number of halogens is 5. The number of hydrogen-bond donors (Lipinski definition) is 0. The van der Waals surface area contributed by atoms with Crippen LogP contribution in [-0.4, -0.2) is 30.0 Å². The first-order valence-corrected chi connectivity index (χ1v) is 4.52. The van der Waals surface area contributed by atoms with Crippen LogP contribution in [0.3, 0.4) is 0 Å².